The molecule has 1 heterocycles. The minimum absolute atomic E-state index is 0.0628. The van der Waals surface area contributed by atoms with Crippen LogP contribution in [0.15, 0.2) is 29.8 Å². The van der Waals surface area contributed by atoms with Crippen LogP contribution >= 0.6 is 0 Å². The molecular formula is C13H12N2O5. The number of ether oxygens (including phenoxy) is 2. The molecule has 3 amide bonds. The number of carbonyl (C=O) groups excluding carboxylic acids is 3. The molecule has 2 rings (SSSR count). The van der Waals surface area contributed by atoms with Crippen LogP contribution in [0.4, 0.5) is 4.79 Å². The van der Waals surface area contributed by atoms with E-state index in [-0.39, 0.29) is 12.2 Å². The Kier molecular flexibility index (Phi) is 3.99. The van der Waals surface area contributed by atoms with Crippen molar-refractivity contribution >= 4 is 24.0 Å². The number of imide groups is 1. The molecule has 7 nitrogen and oxygen atoms in total. The van der Waals surface area contributed by atoms with Crippen LogP contribution in [0.5, 0.6) is 5.75 Å². The summed E-state index contributed by atoms with van der Waals surface area (Å²) in [6, 6.07) is 6.22. The Balaban J connectivity index is 1.96. The lowest BCUT2D eigenvalue weighted by Crippen LogP contribution is -2.38. The highest BCUT2D eigenvalue weighted by molar-refractivity contribution is 5.98. The Hall–Kier alpha value is -2.83. The van der Waals surface area contributed by atoms with Crippen LogP contribution in [0, 0.1) is 0 Å². The molecule has 1 aliphatic rings. The summed E-state index contributed by atoms with van der Waals surface area (Å²) in [7, 11) is 0. The van der Waals surface area contributed by atoms with E-state index in [1.54, 1.807) is 23.5 Å². The molecule has 0 saturated heterocycles. The van der Waals surface area contributed by atoms with E-state index >= 15 is 0 Å². The van der Waals surface area contributed by atoms with Gasteiger partial charge in [0.2, 0.25) is 0 Å². The van der Waals surface area contributed by atoms with E-state index in [9.17, 15) is 14.4 Å². The lowest BCUT2D eigenvalue weighted by molar-refractivity contribution is -0.144. The van der Waals surface area contributed by atoms with Crippen LogP contribution in [0.1, 0.15) is 5.56 Å². The van der Waals surface area contributed by atoms with Crippen molar-refractivity contribution in [3.05, 3.63) is 35.4 Å². The molecule has 0 unspecified atom stereocenters. The first kappa shape index (κ1) is 13.6. The molecule has 20 heavy (non-hydrogen) atoms. The van der Waals surface area contributed by atoms with Gasteiger partial charge in [0.1, 0.15) is 12.4 Å². The van der Waals surface area contributed by atoms with Crippen molar-refractivity contribution in [1.82, 2.24) is 5.32 Å². The fourth-order valence-electron chi connectivity index (χ4n) is 1.63. The number of nitrogens with one attached hydrogen (secondary N) is 1. The summed E-state index contributed by atoms with van der Waals surface area (Å²) in [6.45, 7) is -0.520. The highest BCUT2D eigenvalue weighted by Gasteiger charge is 2.19. The van der Waals surface area contributed by atoms with E-state index in [2.05, 4.69) is 0 Å². The van der Waals surface area contributed by atoms with Gasteiger partial charge in [-0.1, -0.05) is 18.2 Å². The van der Waals surface area contributed by atoms with Gasteiger partial charge >= 0.3 is 12.0 Å². The van der Waals surface area contributed by atoms with Crippen molar-refractivity contribution < 1.29 is 23.9 Å². The molecular weight excluding hydrogens is 264 g/mol. The largest absolute Gasteiger partial charge is 0.488 e. The minimum Gasteiger partial charge on any atom is -0.488 e. The molecule has 0 atom stereocenters. The average Bonchev–Trinajstić information content (AvgIpc) is 2.43. The second kappa shape index (κ2) is 5.87. The van der Waals surface area contributed by atoms with Crippen molar-refractivity contribution in [3.8, 4) is 5.75 Å². The molecule has 0 aromatic heterocycles. The molecule has 0 bridgehead atoms. The smallest absolute Gasteiger partial charge is 0.338 e. The third-order valence-corrected chi connectivity index (χ3v) is 2.49. The molecule has 7 heteroatoms. The summed E-state index contributed by atoms with van der Waals surface area (Å²) in [5.74, 6) is -0.793. The molecule has 0 saturated carbocycles. The van der Waals surface area contributed by atoms with E-state index in [0.717, 1.165) is 5.56 Å². The Morgan fingerprint density at radius 1 is 1.30 bits per heavy atom. The molecule has 3 N–H and O–H groups in total. The Bertz CT molecular complexity index is 594. The van der Waals surface area contributed by atoms with Gasteiger partial charge in [-0.2, -0.15) is 0 Å². The topological polar surface area (TPSA) is 108 Å². The standard InChI is InChI=1S/C13H12N2O5/c14-13(18)15-11(16)7-20-12(17)9-5-8-3-1-2-4-10(8)19-6-9/h1-5H,6-7H2,(H3,14,15,16,18). The molecule has 1 aromatic carbocycles. The van der Waals surface area contributed by atoms with Gasteiger partial charge in [-0.15, -0.1) is 0 Å². The maximum atomic E-state index is 11.7. The number of rotatable bonds is 3. The van der Waals surface area contributed by atoms with Crippen molar-refractivity contribution in [1.29, 1.82) is 0 Å². The van der Waals surface area contributed by atoms with E-state index in [1.807, 2.05) is 12.1 Å². The third kappa shape index (κ3) is 3.35. The number of amides is 3. The SMILES string of the molecule is NC(=O)NC(=O)COC(=O)C1=Cc2ccccc2OC1. The van der Waals surface area contributed by atoms with Crippen LogP contribution in [-0.4, -0.2) is 31.1 Å². The molecule has 0 spiro atoms. The highest BCUT2D eigenvalue weighted by Crippen LogP contribution is 2.25. The van der Waals surface area contributed by atoms with Gasteiger partial charge in [-0.25, -0.2) is 9.59 Å². The van der Waals surface area contributed by atoms with Crippen LogP contribution in [0.2, 0.25) is 0 Å². The normalized spacial score (nSPS) is 12.5. The average molecular weight is 276 g/mol. The zero-order valence-corrected chi connectivity index (χ0v) is 10.4. The van der Waals surface area contributed by atoms with Crippen molar-refractivity contribution in [2.45, 2.75) is 0 Å². The number of carbonyl (C=O) groups is 3. The van der Waals surface area contributed by atoms with Crippen LogP contribution in [-0.2, 0) is 14.3 Å². The Labute approximate surface area is 114 Å². The molecule has 104 valence electrons. The summed E-state index contributed by atoms with van der Waals surface area (Å²) < 4.78 is 10.1. The molecule has 0 fully saturated rings. The lowest BCUT2D eigenvalue weighted by Gasteiger charge is -2.16. The second-order valence-electron chi connectivity index (χ2n) is 3.98. The van der Waals surface area contributed by atoms with Gasteiger partial charge in [-0.05, 0) is 12.1 Å². The minimum atomic E-state index is -1.000. The van der Waals surface area contributed by atoms with Crippen LogP contribution < -0.4 is 15.8 Å². The third-order valence-electron chi connectivity index (χ3n) is 2.49. The molecule has 1 aliphatic heterocycles. The van der Waals surface area contributed by atoms with E-state index in [4.69, 9.17) is 15.2 Å². The van der Waals surface area contributed by atoms with Gasteiger partial charge in [0.25, 0.3) is 5.91 Å². The Morgan fingerprint density at radius 2 is 2.05 bits per heavy atom. The first-order valence-corrected chi connectivity index (χ1v) is 5.75. The number of hydrogen-bond acceptors (Lipinski definition) is 5. The summed E-state index contributed by atoms with van der Waals surface area (Å²) in [5.41, 5.74) is 5.80. The zero-order valence-electron chi connectivity index (χ0n) is 10.4. The predicted molar refractivity (Wildman–Crippen MR) is 68.6 cm³/mol. The van der Waals surface area contributed by atoms with E-state index < -0.39 is 24.5 Å². The number of hydrogen-bond donors (Lipinski definition) is 2. The lowest BCUT2D eigenvalue weighted by atomic mass is 10.1. The first-order chi connectivity index (χ1) is 9.56. The Morgan fingerprint density at radius 3 is 2.80 bits per heavy atom. The maximum Gasteiger partial charge on any atom is 0.338 e. The molecule has 0 radical (unpaired) electrons. The molecule has 0 aliphatic carbocycles. The number of esters is 1. The summed E-state index contributed by atoms with van der Waals surface area (Å²) in [4.78, 5) is 33.2. The predicted octanol–water partition coefficient (Wildman–Crippen LogP) is 0.200. The van der Waals surface area contributed by atoms with Gasteiger partial charge in [0.05, 0.1) is 5.57 Å². The number of benzene rings is 1. The highest BCUT2D eigenvalue weighted by atomic mass is 16.5. The summed E-state index contributed by atoms with van der Waals surface area (Å²) in [5, 5.41) is 1.79. The van der Waals surface area contributed by atoms with Crippen LogP contribution in [0.25, 0.3) is 6.08 Å². The van der Waals surface area contributed by atoms with Crippen molar-refractivity contribution in [3.63, 3.8) is 0 Å². The van der Waals surface area contributed by atoms with E-state index in [0.29, 0.717) is 5.75 Å². The van der Waals surface area contributed by atoms with Gasteiger partial charge in [0.15, 0.2) is 6.61 Å². The monoisotopic (exact) mass is 276 g/mol. The maximum absolute atomic E-state index is 11.7. The quantitative estimate of drug-likeness (QED) is 0.767. The fourth-order valence-corrected chi connectivity index (χ4v) is 1.63. The van der Waals surface area contributed by atoms with Gasteiger partial charge in [0, 0.05) is 5.56 Å². The molecule has 1 aromatic rings. The first-order valence-electron chi connectivity index (χ1n) is 5.75. The van der Waals surface area contributed by atoms with Gasteiger partial charge < -0.3 is 15.2 Å². The van der Waals surface area contributed by atoms with Gasteiger partial charge in [-0.3, -0.25) is 10.1 Å². The summed E-state index contributed by atoms with van der Waals surface area (Å²) in [6.07, 6.45) is 1.63. The number of para-hydroxylation sites is 1. The summed E-state index contributed by atoms with van der Waals surface area (Å²) >= 11 is 0. The zero-order chi connectivity index (χ0) is 14.5. The number of nitrogens with two attached hydrogens (primary N) is 1. The number of fused-ring (bicyclic) bond motifs is 1. The second-order valence-corrected chi connectivity index (χ2v) is 3.98. The van der Waals surface area contributed by atoms with Crippen molar-refractivity contribution in [2.75, 3.05) is 13.2 Å². The van der Waals surface area contributed by atoms with Crippen LogP contribution in [0.3, 0.4) is 0 Å². The van der Waals surface area contributed by atoms with E-state index in [1.165, 1.54) is 0 Å². The number of primary amides is 1. The fraction of sp³-hybridized carbons (Fsp3) is 0.154. The van der Waals surface area contributed by atoms with Crippen molar-refractivity contribution in [2.24, 2.45) is 5.73 Å². The number of urea groups is 1.